The molecule has 100 valence electrons. The van der Waals surface area contributed by atoms with Gasteiger partial charge >= 0.3 is 0 Å². The van der Waals surface area contributed by atoms with Crippen molar-refractivity contribution in [3.8, 4) is 0 Å². The predicted molar refractivity (Wildman–Crippen MR) is 80.2 cm³/mol. The third-order valence-electron chi connectivity index (χ3n) is 4.42. The largest absolute Gasteiger partial charge is 0.382 e. The van der Waals surface area contributed by atoms with Crippen LogP contribution in [0.2, 0.25) is 0 Å². The van der Waals surface area contributed by atoms with Gasteiger partial charge in [-0.1, -0.05) is 58.7 Å². The zero-order valence-corrected chi connectivity index (χ0v) is 12.3. The molecule has 1 heteroatoms. The lowest BCUT2D eigenvalue weighted by Crippen LogP contribution is -2.39. The molecule has 1 aliphatic carbocycles. The standard InChI is InChI=1S/C17H27N/c1-13(2)14-9-5-6-10-15(14)18-16-11-7-8-12-17(16,3)4/h5-6,9-10,13,16,18H,7-8,11-12H2,1-4H3. The van der Waals surface area contributed by atoms with Gasteiger partial charge in [-0.05, 0) is 35.8 Å². The van der Waals surface area contributed by atoms with E-state index < -0.39 is 0 Å². The van der Waals surface area contributed by atoms with Gasteiger partial charge in [0.15, 0.2) is 0 Å². The quantitative estimate of drug-likeness (QED) is 0.772. The van der Waals surface area contributed by atoms with Crippen LogP contribution in [0.15, 0.2) is 24.3 Å². The van der Waals surface area contributed by atoms with Crippen molar-refractivity contribution in [2.75, 3.05) is 5.32 Å². The van der Waals surface area contributed by atoms with E-state index >= 15 is 0 Å². The molecule has 1 unspecified atom stereocenters. The minimum absolute atomic E-state index is 0.419. The average molecular weight is 245 g/mol. The highest BCUT2D eigenvalue weighted by molar-refractivity contribution is 5.53. The molecule has 1 aromatic rings. The Kier molecular flexibility index (Phi) is 3.99. The van der Waals surface area contributed by atoms with E-state index in [2.05, 4.69) is 57.3 Å². The molecule has 18 heavy (non-hydrogen) atoms. The normalized spacial score (nSPS) is 23.1. The third-order valence-corrected chi connectivity index (χ3v) is 4.42. The van der Waals surface area contributed by atoms with Crippen LogP contribution in [0, 0.1) is 5.41 Å². The van der Waals surface area contributed by atoms with Crippen LogP contribution in [0.25, 0.3) is 0 Å². The molecule has 1 aliphatic rings. The molecule has 1 fully saturated rings. The summed E-state index contributed by atoms with van der Waals surface area (Å²) < 4.78 is 0. The van der Waals surface area contributed by atoms with Crippen LogP contribution in [0.5, 0.6) is 0 Å². The maximum Gasteiger partial charge on any atom is 0.0377 e. The molecule has 0 radical (unpaired) electrons. The zero-order valence-electron chi connectivity index (χ0n) is 12.3. The van der Waals surface area contributed by atoms with E-state index in [4.69, 9.17) is 0 Å². The van der Waals surface area contributed by atoms with Crippen LogP contribution in [-0.2, 0) is 0 Å². The zero-order chi connectivity index (χ0) is 13.2. The van der Waals surface area contributed by atoms with Gasteiger partial charge in [0.05, 0.1) is 0 Å². The fraction of sp³-hybridized carbons (Fsp3) is 0.647. The lowest BCUT2D eigenvalue weighted by molar-refractivity contribution is 0.217. The molecule has 0 aromatic heterocycles. The van der Waals surface area contributed by atoms with Crippen molar-refractivity contribution in [2.45, 2.75) is 65.3 Å². The summed E-state index contributed by atoms with van der Waals surface area (Å²) in [6.45, 7) is 9.35. The van der Waals surface area contributed by atoms with Gasteiger partial charge in [0.1, 0.15) is 0 Å². The summed E-state index contributed by atoms with van der Waals surface area (Å²) in [5.74, 6) is 0.584. The van der Waals surface area contributed by atoms with Crippen molar-refractivity contribution >= 4 is 5.69 Å². The van der Waals surface area contributed by atoms with Crippen LogP contribution in [0.4, 0.5) is 5.69 Å². The SMILES string of the molecule is CC(C)c1ccccc1NC1CCCCC1(C)C. The highest BCUT2D eigenvalue weighted by Crippen LogP contribution is 2.38. The number of benzene rings is 1. The minimum Gasteiger partial charge on any atom is -0.382 e. The number of hydrogen-bond donors (Lipinski definition) is 1. The molecule has 0 bridgehead atoms. The van der Waals surface area contributed by atoms with Gasteiger partial charge in [-0.2, -0.15) is 0 Å². The van der Waals surface area contributed by atoms with Crippen molar-refractivity contribution in [3.63, 3.8) is 0 Å². The Hall–Kier alpha value is -0.980. The predicted octanol–water partition coefficient (Wildman–Crippen LogP) is 5.19. The van der Waals surface area contributed by atoms with Gasteiger partial charge < -0.3 is 5.32 Å². The van der Waals surface area contributed by atoms with Gasteiger partial charge in [-0.15, -0.1) is 0 Å². The first-order valence-corrected chi connectivity index (χ1v) is 7.36. The van der Waals surface area contributed by atoms with Crippen LogP contribution in [-0.4, -0.2) is 6.04 Å². The summed E-state index contributed by atoms with van der Waals surface area (Å²) in [6.07, 6.45) is 5.40. The Morgan fingerprint density at radius 3 is 2.56 bits per heavy atom. The van der Waals surface area contributed by atoms with Crippen molar-refractivity contribution in [1.82, 2.24) is 0 Å². The maximum absolute atomic E-state index is 3.82. The van der Waals surface area contributed by atoms with Crippen LogP contribution >= 0.6 is 0 Å². The molecule has 0 spiro atoms. The lowest BCUT2D eigenvalue weighted by Gasteiger charge is -2.40. The summed E-state index contributed by atoms with van der Waals surface area (Å²) in [7, 11) is 0. The molecular formula is C17H27N. The summed E-state index contributed by atoms with van der Waals surface area (Å²) in [6, 6.07) is 9.39. The van der Waals surface area contributed by atoms with E-state index in [1.54, 1.807) is 0 Å². The molecule has 0 heterocycles. The Morgan fingerprint density at radius 1 is 1.17 bits per heavy atom. The van der Waals surface area contributed by atoms with Crippen LogP contribution < -0.4 is 5.32 Å². The Balaban J connectivity index is 2.18. The first-order chi connectivity index (χ1) is 8.50. The van der Waals surface area contributed by atoms with Crippen LogP contribution in [0.3, 0.4) is 0 Å². The maximum atomic E-state index is 3.82. The first kappa shape index (κ1) is 13.5. The molecule has 2 rings (SSSR count). The second-order valence-corrected chi connectivity index (χ2v) is 6.67. The van der Waals surface area contributed by atoms with E-state index in [1.165, 1.54) is 36.9 Å². The Labute approximate surface area is 112 Å². The highest BCUT2D eigenvalue weighted by atomic mass is 14.9. The number of para-hydroxylation sites is 1. The lowest BCUT2D eigenvalue weighted by atomic mass is 9.73. The van der Waals surface area contributed by atoms with E-state index in [0.717, 1.165) is 0 Å². The van der Waals surface area contributed by atoms with E-state index in [9.17, 15) is 0 Å². The Bertz CT molecular complexity index is 392. The van der Waals surface area contributed by atoms with E-state index in [1.807, 2.05) is 0 Å². The molecule has 1 nitrogen and oxygen atoms in total. The third kappa shape index (κ3) is 2.88. The van der Waals surface area contributed by atoms with E-state index in [-0.39, 0.29) is 0 Å². The second-order valence-electron chi connectivity index (χ2n) is 6.67. The molecule has 0 aliphatic heterocycles. The summed E-state index contributed by atoms with van der Waals surface area (Å²) in [5.41, 5.74) is 3.20. The molecule has 0 amide bonds. The number of nitrogens with one attached hydrogen (secondary N) is 1. The van der Waals surface area contributed by atoms with Gasteiger partial charge in [0.25, 0.3) is 0 Å². The van der Waals surface area contributed by atoms with Crippen LogP contribution in [0.1, 0.15) is 64.9 Å². The Morgan fingerprint density at radius 2 is 1.89 bits per heavy atom. The number of rotatable bonds is 3. The smallest absolute Gasteiger partial charge is 0.0377 e. The fourth-order valence-corrected chi connectivity index (χ4v) is 3.08. The molecule has 1 atom stereocenters. The summed E-state index contributed by atoms with van der Waals surface area (Å²) in [4.78, 5) is 0. The molecule has 0 saturated heterocycles. The molecule has 1 saturated carbocycles. The second kappa shape index (κ2) is 5.34. The van der Waals surface area contributed by atoms with Crippen molar-refractivity contribution in [1.29, 1.82) is 0 Å². The van der Waals surface area contributed by atoms with Gasteiger partial charge in [0.2, 0.25) is 0 Å². The molecular weight excluding hydrogens is 218 g/mol. The minimum atomic E-state index is 0.419. The van der Waals surface area contributed by atoms with Crippen molar-refractivity contribution in [2.24, 2.45) is 5.41 Å². The number of anilines is 1. The monoisotopic (exact) mass is 245 g/mol. The first-order valence-electron chi connectivity index (χ1n) is 7.36. The topological polar surface area (TPSA) is 12.0 Å². The van der Waals surface area contributed by atoms with Crippen molar-refractivity contribution in [3.05, 3.63) is 29.8 Å². The summed E-state index contributed by atoms with van der Waals surface area (Å²) >= 11 is 0. The molecule has 1 aromatic carbocycles. The van der Waals surface area contributed by atoms with Crippen molar-refractivity contribution < 1.29 is 0 Å². The highest BCUT2D eigenvalue weighted by Gasteiger charge is 2.32. The molecule has 1 N–H and O–H groups in total. The van der Waals surface area contributed by atoms with Gasteiger partial charge in [0, 0.05) is 11.7 Å². The van der Waals surface area contributed by atoms with E-state index in [0.29, 0.717) is 17.4 Å². The number of hydrogen-bond acceptors (Lipinski definition) is 1. The summed E-state index contributed by atoms with van der Waals surface area (Å²) in [5, 5.41) is 3.82. The average Bonchev–Trinajstić information content (AvgIpc) is 2.32. The fourth-order valence-electron chi connectivity index (χ4n) is 3.08. The van der Waals surface area contributed by atoms with Gasteiger partial charge in [-0.3, -0.25) is 0 Å². The van der Waals surface area contributed by atoms with Gasteiger partial charge in [-0.25, -0.2) is 0 Å².